The molecule has 2 heterocycles. The number of para-hydroxylation sites is 1. The summed E-state index contributed by atoms with van der Waals surface area (Å²) in [5.74, 6) is 1.51. The second-order valence-corrected chi connectivity index (χ2v) is 8.15. The van der Waals surface area contributed by atoms with E-state index in [4.69, 9.17) is 4.98 Å². The highest BCUT2D eigenvalue weighted by molar-refractivity contribution is 8.00. The third-order valence-corrected chi connectivity index (χ3v) is 5.90. The Morgan fingerprint density at radius 3 is 2.68 bits per heavy atom. The maximum Gasteiger partial charge on any atom is 0.230 e. The summed E-state index contributed by atoms with van der Waals surface area (Å²) >= 11 is 3.08. The first-order valence-corrected chi connectivity index (χ1v) is 10.1. The molecule has 0 aliphatic carbocycles. The van der Waals surface area contributed by atoms with Crippen LogP contribution in [-0.4, -0.2) is 27.7 Å². The lowest BCUT2D eigenvalue weighted by atomic mass is 10.1. The van der Waals surface area contributed by atoms with E-state index in [2.05, 4.69) is 24.1 Å². The topological polar surface area (TPSA) is 54.9 Å². The van der Waals surface area contributed by atoms with Crippen molar-refractivity contribution in [2.75, 3.05) is 5.75 Å². The Kier molecular flexibility index (Phi) is 5.71. The van der Waals surface area contributed by atoms with Crippen LogP contribution in [0.3, 0.4) is 0 Å². The summed E-state index contributed by atoms with van der Waals surface area (Å²) in [6.45, 7) is 6.23. The number of hydrogen-bond donors (Lipinski definition) is 1. The highest BCUT2D eigenvalue weighted by atomic mass is 32.2. The standard InChI is InChI=1S/C19H21N3OS2/c1-12(2)13(3)20-17(23)11-25-19-14-7-4-5-8-15(14)21-18(22-19)16-9-6-10-24-16/h4-10,12-13H,11H2,1-3H3,(H,20,23)/t13-/m1/s1. The number of nitrogens with one attached hydrogen (secondary N) is 1. The molecule has 0 radical (unpaired) electrons. The molecule has 0 bridgehead atoms. The van der Waals surface area contributed by atoms with Gasteiger partial charge in [0.15, 0.2) is 5.82 Å². The molecule has 2 aromatic heterocycles. The van der Waals surface area contributed by atoms with Gasteiger partial charge in [0.1, 0.15) is 5.03 Å². The van der Waals surface area contributed by atoms with Crippen LogP contribution < -0.4 is 5.32 Å². The molecule has 25 heavy (non-hydrogen) atoms. The monoisotopic (exact) mass is 371 g/mol. The Labute approximate surface area is 156 Å². The maximum atomic E-state index is 12.2. The molecule has 1 aromatic carbocycles. The first-order chi connectivity index (χ1) is 12.0. The van der Waals surface area contributed by atoms with Gasteiger partial charge in [-0.25, -0.2) is 9.97 Å². The van der Waals surface area contributed by atoms with Crippen LogP contribution in [0.25, 0.3) is 21.6 Å². The van der Waals surface area contributed by atoms with Gasteiger partial charge >= 0.3 is 0 Å². The van der Waals surface area contributed by atoms with Crippen molar-refractivity contribution in [1.29, 1.82) is 0 Å². The average Bonchev–Trinajstić information content (AvgIpc) is 3.14. The number of benzene rings is 1. The van der Waals surface area contributed by atoms with Gasteiger partial charge in [-0.05, 0) is 30.4 Å². The minimum Gasteiger partial charge on any atom is -0.353 e. The smallest absolute Gasteiger partial charge is 0.230 e. The molecule has 3 rings (SSSR count). The summed E-state index contributed by atoms with van der Waals surface area (Å²) < 4.78 is 0. The molecule has 0 saturated carbocycles. The fraction of sp³-hybridized carbons (Fsp3) is 0.316. The van der Waals surface area contributed by atoms with Gasteiger partial charge in [-0.3, -0.25) is 4.79 Å². The highest BCUT2D eigenvalue weighted by Crippen LogP contribution is 2.29. The van der Waals surface area contributed by atoms with Crippen LogP contribution in [0.5, 0.6) is 0 Å². The Balaban J connectivity index is 1.84. The minimum absolute atomic E-state index is 0.0339. The normalized spacial score (nSPS) is 12.5. The summed E-state index contributed by atoms with van der Waals surface area (Å²) in [6.07, 6.45) is 0. The molecule has 3 aromatic rings. The molecule has 0 saturated heterocycles. The fourth-order valence-electron chi connectivity index (χ4n) is 2.27. The maximum absolute atomic E-state index is 12.2. The van der Waals surface area contributed by atoms with Crippen LogP contribution >= 0.6 is 23.1 Å². The number of aromatic nitrogens is 2. The first kappa shape index (κ1) is 17.9. The van der Waals surface area contributed by atoms with Crippen molar-refractivity contribution >= 4 is 39.9 Å². The van der Waals surface area contributed by atoms with Crippen LogP contribution in [0.1, 0.15) is 20.8 Å². The summed E-state index contributed by atoms with van der Waals surface area (Å²) in [5, 5.41) is 6.89. The van der Waals surface area contributed by atoms with Crippen LogP contribution in [0.4, 0.5) is 0 Å². The van der Waals surface area contributed by atoms with E-state index in [-0.39, 0.29) is 11.9 Å². The van der Waals surface area contributed by atoms with E-state index in [0.717, 1.165) is 20.8 Å². The molecule has 0 aliphatic heterocycles. The SMILES string of the molecule is CC(C)[C@@H](C)NC(=O)CSc1nc(-c2cccs2)nc2ccccc12. The van der Waals surface area contributed by atoms with Crippen molar-refractivity contribution < 1.29 is 4.79 Å². The molecule has 130 valence electrons. The van der Waals surface area contributed by atoms with Crippen LogP contribution in [-0.2, 0) is 4.79 Å². The second-order valence-electron chi connectivity index (χ2n) is 6.24. The third-order valence-electron chi connectivity index (χ3n) is 4.04. The van der Waals surface area contributed by atoms with Crippen molar-refractivity contribution in [3.05, 3.63) is 41.8 Å². The quantitative estimate of drug-likeness (QED) is 0.508. The molecule has 1 N–H and O–H groups in total. The molecule has 1 atom stereocenters. The Hall–Kier alpha value is -1.92. The second kappa shape index (κ2) is 7.97. The van der Waals surface area contributed by atoms with Crippen LogP contribution in [0, 0.1) is 5.92 Å². The predicted molar refractivity (Wildman–Crippen MR) is 106 cm³/mol. The van der Waals surface area contributed by atoms with Crippen LogP contribution in [0.2, 0.25) is 0 Å². The number of carbonyl (C=O) groups is 1. The van der Waals surface area contributed by atoms with Gasteiger partial charge in [-0.1, -0.05) is 49.9 Å². The lowest BCUT2D eigenvalue weighted by Gasteiger charge is -2.17. The summed E-state index contributed by atoms with van der Waals surface area (Å²) in [4.78, 5) is 22.6. The zero-order chi connectivity index (χ0) is 17.8. The van der Waals surface area contributed by atoms with Crippen molar-refractivity contribution in [1.82, 2.24) is 15.3 Å². The van der Waals surface area contributed by atoms with Crippen molar-refractivity contribution in [2.24, 2.45) is 5.92 Å². The number of fused-ring (bicyclic) bond motifs is 1. The number of hydrogen-bond acceptors (Lipinski definition) is 5. The first-order valence-electron chi connectivity index (χ1n) is 8.27. The van der Waals surface area contributed by atoms with E-state index >= 15 is 0 Å². The molecule has 0 unspecified atom stereocenters. The van der Waals surface area contributed by atoms with E-state index in [1.165, 1.54) is 11.8 Å². The largest absolute Gasteiger partial charge is 0.353 e. The number of nitrogens with zero attached hydrogens (tertiary/aromatic N) is 2. The molecular formula is C19H21N3OS2. The summed E-state index contributed by atoms with van der Waals surface area (Å²) in [5.41, 5.74) is 0.902. The Morgan fingerprint density at radius 2 is 1.96 bits per heavy atom. The van der Waals surface area contributed by atoms with E-state index in [0.29, 0.717) is 17.5 Å². The molecule has 0 fully saturated rings. The summed E-state index contributed by atoms with van der Waals surface area (Å²) in [6, 6.07) is 12.1. The van der Waals surface area contributed by atoms with Crippen LogP contribution in [0.15, 0.2) is 46.8 Å². The molecule has 0 aliphatic rings. The number of rotatable bonds is 6. The molecule has 0 spiro atoms. The number of amides is 1. The lowest BCUT2D eigenvalue weighted by Crippen LogP contribution is -2.37. The number of carbonyl (C=O) groups excluding carboxylic acids is 1. The van der Waals surface area contributed by atoms with E-state index < -0.39 is 0 Å². The van der Waals surface area contributed by atoms with Crippen molar-refractivity contribution in [3.8, 4) is 10.7 Å². The number of thiophene rings is 1. The van der Waals surface area contributed by atoms with Crippen molar-refractivity contribution in [3.63, 3.8) is 0 Å². The van der Waals surface area contributed by atoms with E-state index in [9.17, 15) is 4.79 Å². The number of thioether (sulfide) groups is 1. The lowest BCUT2D eigenvalue weighted by molar-refractivity contribution is -0.119. The fourth-order valence-corrected chi connectivity index (χ4v) is 3.76. The van der Waals surface area contributed by atoms with Gasteiger partial charge < -0.3 is 5.32 Å². The van der Waals surface area contributed by atoms with Gasteiger partial charge in [0, 0.05) is 11.4 Å². The van der Waals surface area contributed by atoms with Gasteiger partial charge in [-0.2, -0.15) is 0 Å². The molecule has 6 heteroatoms. The van der Waals surface area contributed by atoms with Gasteiger partial charge in [0.05, 0.1) is 16.1 Å². The zero-order valence-corrected chi connectivity index (χ0v) is 16.2. The minimum atomic E-state index is 0.0339. The predicted octanol–water partition coefficient (Wildman–Crippen LogP) is 4.61. The van der Waals surface area contributed by atoms with E-state index in [1.807, 2.05) is 48.7 Å². The summed E-state index contributed by atoms with van der Waals surface area (Å²) in [7, 11) is 0. The van der Waals surface area contributed by atoms with Gasteiger partial charge in [0.2, 0.25) is 5.91 Å². The average molecular weight is 372 g/mol. The Morgan fingerprint density at radius 1 is 1.16 bits per heavy atom. The van der Waals surface area contributed by atoms with E-state index in [1.54, 1.807) is 11.3 Å². The van der Waals surface area contributed by atoms with Gasteiger partial charge in [0.25, 0.3) is 0 Å². The zero-order valence-electron chi connectivity index (χ0n) is 14.5. The Bertz CT molecular complexity index is 862. The molecular weight excluding hydrogens is 350 g/mol. The van der Waals surface area contributed by atoms with Gasteiger partial charge in [-0.15, -0.1) is 11.3 Å². The molecule has 4 nitrogen and oxygen atoms in total. The third kappa shape index (κ3) is 4.38. The van der Waals surface area contributed by atoms with Crippen molar-refractivity contribution in [2.45, 2.75) is 31.8 Å². The highest BCUT2D eigenvalue weighted by Gasteiger charge is 2.14. The molecule has 1 amide bonds.